The van der Waals surface area contributed by atoms with Gasteiger partial charge in [0, 0.05) is 6.04 Å². The van der Waals surface area contributed by atoms with E-state index < -0.39 is 10.0 Å². The zero-order valence-electron chi connectivity index (χ0n) is 11.6. The van der Waals surface area contributed by atoms with Gasteiger partial charge in [0.25, 0.3) is 0 Å². The van der Waals surface area contributed by atoms with Gasteiger partial charge >= 0.3 is 0 Å². The predicted molar refractivity (Wildman–Crippen MR) is 76.1 cm³/mol. The van der Waals surface area contributed by atoms with E-state index in [1.807, 2.05) is 6.92 Å². The summed E-state index contributed by atoms with van der Waals surface area (Å²) in [6, 6.07) is 6.20. The molecule has 5 nitrogen and oxygen atoms in total. The zero-order chi connectivity index (χ0) is 14.6. The molecule has 0 radical (unpaired) electrons. The molecule has 6 heteroatoms. The summed E-state index contributed by atoms with van der Waals surface area (Å²) >= 11 is 0. The Bertz CT molecular complexity index is 523. The summed E-state index contributed by atoms with van der Waals surface area (Å²) < 4.78 is 32.4. The summed E-state index contributed by atoms with van der Waals surface area (Å²) in [7, 11) is -3.47. The molecule has 2 rings (SSSR count). The third-order valence-electron chi connectivity index (χ3n) is 3.69. The number of hydrogen-bond acceptors (Lipinski definition) is 4. The van der Waals surface area contributed by atoms with Crippen molar-refractivity contribution in [2.24, 2.45) is 5.92 Å². The third kappa shape index (κ3) is 3.71. The molecule has 1 saturated carbocycles. The molecule has 1 fully saturated rings. The molecule has 1 atom stereocenters. The molecule has 0 saturated heterocycles. The number of rotatable bonds is 7. The lowest BCUT2D eigenvalue weighted by Crippen LogP contribution is -2.40. The molecule has 20 heavy (non-hydrogen) atoms. The Morgan fingerprint density at radius 2 is 2.00 bits per heavy atom. The number of aliphatic hydroxyl groups is 1. The Balaban J connectivity index is 2.01. The van der Waals surface area contributed by atoms with Gasteiger partial charge in [-0.05, 0) is 49.9 Å². The minimum atomic E-state index is -3.47. The molecule has 1 aromatic carbocycles. The maximum absolute atomic E-state index is 12.2. The fraction of sp³-hybridized carbons (Fsp3) is 0.571. The standard InChI is InChI=1S/C14H21NO4S/c1-11(12-3-2-4-12)15-20(17,18)14-7-5-13(6-8-14)19-10-9-16/h5-8,11-12,15-16H,2-4,9-10H2,1H3. The van der Waals surface area contributed by atoms with Crippen molar-refractivity contribution in [3.05, 3.63) is 24.3 Å². The van der Waals surface area contributed by atoms with E-state index in [0.717, 1.165) is 12.8 Å². The van der Waals surface area contributed by atoms with Crippen LogP contribution in [-0.4, -0.2) is 32.8 Å². The smallest absolute Gasteiger partial charge is 0.240 e. The monoisotopic (exact) mass is 299 g/mol. The van der Waals surface area contributed by atoms with Gasteiger partial charge in [0.05, 0.1) is 11.5 Å². The summed E-state index contributed by atoms with van der Waals surface area (Å²) in [6.45, 7) is 2.05. The number of sulfonamides is 1. The predicted octanol–water partition coefficient (Wildman–Crippen LogP) is 1.52. The highest BCUT2D eigenvalue weighted by Gasteiger charge is 2.27. The fourth-order valence-corrected chi connectivity index (χ4v) is 3.54. The van der Waals surface area contributed by atoms with E-state index >= 15 is 0 Å². The Hall–Kier alpha value is -1.11. The third-order valence-corrected chi connectivity index (χ3v) is 5.27. The van der Waals surface area contributed by atoms with Gasteiger partial charge in [-0.15, -0.1) is 0 Å². The van der Waals surface area contributed by atoms with Crippen LogP contribution in [-0.2, 0) is 10.0 Å². The molecular weight excluding hydrogens is 278 g/mol. The van der Waals surface area contributed by atoms with E-state index in [1.54, 1.807) is 12.1 Å². The van der Waals surface area contributed by atoms with E-state index in [-0.39, 0.29) is 24.2 Å². The van der Waals surface area contributed by atoms with Crippen molar-refractivity contribution in [3.63, 3.8) is 0 Å². The highest BCUT2D eigenvalue weighted by Crippen LogP contribution is 2.30. The number of ether oxygens (including phenoxy) is 1. The van der Waals surface area contributed by atoms with Crippen molar-refractivity contribution in [2.45, 2.75) is 37.1 Å². The Kier molecular flexibility index (Phi) is 5.01. The van der Waals surface area contributed by atoms with Crippen molar-refractivity contribution in [3.8, 4) is 5.75 Å². The molecule has 0 amide bonds. The summed E-state index contributed by atoms with van der Waals surface area (Å²) in [5.41, 5.74) is 0. The molecule has 1 aromatic rings. The van der Waals surface area contributed by atoms with E-state index in [2.05, 4.69) is 4.72 Å². The highest BCUT2D eigenvalue weighted by molar-refractivity contribution is 7.89. The number of hydrogen-bond donors (Lipinski definition) is 2. The second kappa shape index (κ2) is 6.56. The van der Waals surface area contributed by atoms with Crippen molar-refractivity contribution < 1.29 is 18.3 Å². The van der Waals surface area contributed by atoms with Gasteiger partial charge in [0.1, 0.15) is 12.4 Å². The number of benzene rings is 1. The van der Waals surface area contributed by atoms with Crippen molar-refractivity contribution in [2.75, 3.05) is 13.2 Å². The van der Waals surface area contributed by atoms with Crippen LogP contribution in [0.25, 0.3) is 0 Å². The average molecular weight is 299 g/mol. The van der Waals surface area contributed by atoms with E-state index in [4.69, 9.17) is 9.84 Å². The maximum atomic E-state index is 12.2. The largest absolute Gasteiger partial charge is 0.491 e. The van der Waals surface area contributed by atoms with Gasteiger partial charge in [-0.3, -0.25) is 0 Å². The number of aliphatic hydroxyl groups excluding tert-OH is 1. The molecule has 1 unspecified atom stereocenters. The quantitative estimate of drug-likeness (QED) is 0.800. The van der Waals surface area contributed by atoms with Crippen LogP contribution in [0.2, 0.25) is 0 Å². The van der Waals surface area contributed by atoms with Crippen LogP contribution < -0.4 is 9.46 Å². The average Bonchev–Trinajstić information content (AvgIpc) is 2.34. The van der Waals surface area contributed by atoms with Crippen LogP contribution in [0.3, 0.4) is 0 Å². The van der Waals surface area contributed by atoms with Gasteiger partial charge in [0.2, 0.25) is 10.0 Å². The van der Waals surface area contributed by atoms with Crippen LogP contribution in [0, 0.1) is 5.92 Å². The van der Waals surface area contributed by atoms with E-state index in [9.17, 15) is 8.42 Å². The zero-order valence-corrected chi connectivity index (χ0v) is 12.4. The highest BCUT2D eigenvalue weighted by atomic mass is 32.2. The first-order valence-corrected chi connectivity index (χ1v) is 8.37. The van der Waals surface area contributed by atoms with Crippen LogP contribution in [0.5, 0.6) is 5.75 Å². The molecule has 0 heterocycles. The van der Waals surface area contributed by atoms with Gasteiger partial charge in [-0.25, -0.2) is 13.1 Å². The SMILES string of the molecule is CC(NS(=O)(=O)c1ccc(OCCO)cc1)C1CCC1. The minimum Gasteiger partial charge on any atom is -0.491 e. The second-order valence-corrected chi connectivity index (χ2v) is 6.86. The summed E-state index contributed by atoms with van der Waals surface area (Å²) in [5, 5.41) is 8.66. The molecule has 2 N–H and O–H groups in total. The molecule has 0 bridgehead atoms. The van der Waals surface area contributed by atoms with Gasteiger partial charge in [-0.1, -0.05) is 6.42 Å². The minimum absolute atomic E-state index is 0.0286. The molecule has 1 aliphatic rings. The molecular formula is C14H21NO4S. The molecule has 0 spiro atoms. The Morgan fingerprint density at radius 3 is 2.50 bits per heavy atom. The fourth-order valence-electron chi connectivity index (χ4n) is 2.23. The second-order valence-electron chi connectivity index (χ2n) is 5.14. The normalized spacial score (nSPS) is 17.5. The lowest BCUT2D eigenvalue weighted by molar-refractivity contribution is 0.201. The van der Waals surface area contributed by atoms with Crippen molar-refractivity contribution in [1.29, 1.82) is 0 Å². The number of nitrogens with one attached hydrogen (secondary N) is 1. The lowest BCUT2D eigenvalue weighted by Gasteiger charge is -2.31. The maximum Gasteiger partial charge on any atom is 0.240 e. The summed E-state index contributed by atoms with van der Waals surface area (Å²) in [6.07, 6.45) is 3.38. The van der Waals surface area contributed by atoms with Crippen LogP contribution in [0.4, 0.5) is 0 Å². The van der Waals surface area contributed by atoms with Gasteiger partial charge < -0.3 is 9.84 Å². The van der Waals surface area contributed by atoms with Crippen LogP contribution in [0.1, 0.15) is 26.2 Å². The molecule has 1 aliphatic carbocycles. The molecule has 0 aromatic heterocycles. The van der Waals surface area contributed by atoms with E-state index in [0.29, 0.717) is 11.7 Å². The first-order chi connectivity index (χ1) is 9.53. The summed E-state index contributed by atoms with van der Waals surface area (Å²) in [4.78, 5) is 0.236. The first-order valence-electron chi connectivity index (χ1n) is 6.89. The van der Waals surface area contributed by atoms with Gasteiger partial charge in [0.15, 0.2) is 0 Å². The van der Waals surface area contributed by atoms with Crippen molar-refractivity contribution in [1.82, 2.24) is 4.72 Å². The topological polar surface area (TPSA) is 75.6 Å². The van der Waals surface area contributed by atoms with Crippen molar-refractivity contribution >= 4 is 10.0 Å². The van der Waals surface area contributed by atoms with Gasteiger partial charge in [-0.2, -0.15) is 0 Å². The van der Waals surface area contributed by atoms with Crippen LogP contribution in [0.15, 0.2) is 29.2 Å². The van der Waals surface area contributed by atoms with Crippen LogP contribution >= 0.6 is 0 Å². The first kappa shape index (κ1) is 15.3. The lowest BCUT2D eigenvalue weighted by atomic mass is 9.81. The summed E-state index contributed by atoms with van der Waals surface area (Å²) in [5.74, 6) is 1.00. The Labute approximate surface area is 120 Å². The Morgan fingerprint density at radius 1 is 1.35 bits per heavy atom. The molecule has 112 valence electrons. The molecule has 0 aliphatic heterocycles. The van der Waals surface area contributed by atoms with E-state index in [1.165, 1.54) is 18.6 Å².